The summed E-state index contributed by atoms with van der Waals surface area (Å²) < 4.78 is 4.95. The maximum atomic E-state index is 11.4. The molecule has 2 heterocycles. The second-order valence-electron chi connectivity index (χ2n) is 4.66. The number of ether oxygens (including phenoxy) is 1. The van der Waals surface area contributed by atoms with Gasteiger partial charge in [-0.25, -0.2) is 4.79 Å². The summed E-state index contributed by atoms with van der Waals surface area (Å²) >= 11 is 0. The fourth-order valence-electron chi connectivity index (χ4n) is 2.93. The lowest BCUT2D eigenvalue weighted by atomic mass is 9.70. The summed E-state index contributed by atoms with van der Waals surface area (Å²) in [6, 6.07) is -0.330. The SMILES string of the molecule is O=C1C=C[C@]2(O)[C@H](CCN3C(=O)OC[C@H]32)C1. The fourth-order valence-corrected chi connectivity index (χ4v) is 2.93. The summed E-state index contributed by atoms with van der Waals surface area (Å²) in [6.45, 7) is 0.780. The van der Waals surface area contributed by atoms with Crippen LogP contribution in [0.25, 0.3) is 0 Å². The average molecular weight is 223 g/mol. The highest BCUT2D eigenvalue weighted by atomic mass is 16.6. The highest BCUT2D eigenvalue weighted by Crippen LogP contribution is 2.41. The number of carbonyl (C=O) groups is 2. The van der Waals surface area contributed by atoms with Crippen molar-refractivity contribution in [2.75, 3.05) is 13.2 Å². The first-order chi connectivity index (χ1) is 7.61. The predicted octanol–water partition coefficient (Wildman–Crippen LogP) is 0.0872. The lowest BCUT2D eigenvalue weighted by molar-refractivity contribution is -0.123. The molecular weight excluding hydrogens is 210 g/mol. The molecule has 1 N–H and O–H groups in total. The molecule has 2 fully saturated rings. The van der Waals surface area contributed by atoms with Crippen molar-refractivity contribution in [2.45, 2.75) is 24.5 Å². The van der Waals surface area contributed by atoms with Gasteiger partial charge in [0.1, 0.15) is 18.2 Å². The highest BCUT2D eigenvalue weighted by Gasteiger charge is 2.54. The molecule has 0 aromatic heterocycles. The third-order valence-corrected chi connectivity index (χ3v) is 3.87. The second kappa shape index (κ2) is 3.07. The topological polar surface area (TPSA) is 66.8 Å². The minimum absolute atomic E-state index is 0.0494. The van der Waals surface area contributed by atoms with Crippen LogP contribution in [0, 0.1) is 5.92 Å². The summed E-state index contributed by atoms with van der Waals surface area (Å²) in [5.74, 6) is -0.0332. The summed E-state index contributed by atoms with van der Waals surface area (Å²) in [7, 11) is 0. The third-order valence-electron chi connectivity index (χ3n) is 3.87. The van der Waals surface area contributed by atoms with Gasteiger partial charge in [0.2, 0.25) is 0 Å². The zero-order valence-corrected chi connectivity index (χ0v) is 8.76. The first kappa shape index (κ1) is 9.84. The number of rotatable bonds is 0. The van der Waals surface area contributed by atoms with Crippen LogP contribution in [0.15, 0.2) is 12.2 Å². The molecular formula is C11H13NO4. The molecule has 0 bridgehead atoms. The van der Waals surface area contributed by atoms with Crippen LogP contribution in [0.5, 0.6) is 0 Å². The smallest absolute Gasteiger partial charge is 0.410 e. The summed E-state index contributed by atoms with van der Waals surface area (Å²) in [4.78, 5) is 24.3. The number of hydrogen-bond donors (Lipinski definition) is 1. The lowest BCUT2D eigenvalue weighted by Gasteiger charge is -2.46. The number of ketones is 1. The molecule has 0 aromatic rings. The molecule has 0 aromatic carbocycles. The zero-order valence-electron chi connectivity index (χ0n) is 8.76. The van der Waals surface area contributed by atoms with Crippen molar-refractivity contribution in [3.05, 3.63) is 12.2 Å². The number of aliphatic hydroxyl groups is 1. The molecule has 16 heavy (non-hydrogen) atoms. The quantitative estimate of drug-likeness (QED) is 0.632. The standard InChI is InChI=1S/C11H13NO4/c13-8-1-3-11(15)7(5-8)2-4-12-9(11)6-16-10(12)14/h1,3,7,9,15H,2,4-6H2/t7-,9+,11+/m1/s1. The van der Waals surface area contributed by atoms with Gasteiger partial charge in [0.05, 0.1) is 0 Å². The van der Waals surface area contributed by atoms with Crippen LogP contribution in [0.2, 0.25) is 0 Å². The van der Waals surface area contributed by atoms with E-state index in [2.05, 4.69) is 0 Å². The molecule has 2 aliphatic heterocycles. The van der Waals surface area contributed by atoms with E-state index in [1.54, 1.807) is 11.0 Å². The monoisotopic (exact) mass is 223 g/mol. The number of allylic oxidation sites excluding steroid dienone is 1. The maximum absolute atomic E-state index is 11.4. The van der Waals surface area contributed by atoms with E-state index >= 15 is 0 Å². The normalized spacial score (nSPS) is 41.7. The Morgan fingerprint density at radius 2 is 2.31 bits per heavy atom. The largest absolute Gasteiger partial charge is 0.447 e. The number of cyclic esters (lactones) is 1. The average Bonchev–Trinajstić information content (AvgIpc) is 2.63. The molecule has 1 aliphatic carbocycles. The Bertz CT molecular complexity index is 391. The van der Waals surface area contributed by atoms with Gasteiger partial charge in [-0.15, -0.1) is 0 Å². The van der Waals surface area contributed by atoms with E-state index in [4.69, 9.17) is 4.74 Å². The van der Waals surface area contributed by atoms with Gasteiger partial charge in [0.15, 0.2) is 5.78 Å². The van der Waals surface area contributed by atoms with Crippen molar-refractivity contribution in [1.82, 2.24) is 4.90 Å². The third kappa shape index (κ3) is 1.15. The number of nitrogens with zero attached hydrogens (tertiary/aromatic N) is 1. The second-order valence-corrected chi connectivity index (χ2v) is 4.66. The first-order valence-corrected chi connectivity index (χ1v) is 5.49. The van der Waals surface area contributed by atoms with Crippen molar-refractivity contribution in [3.8, 4) is 0 Å². The van der Waals surface area contributed by atoms with E-state index in [0.29, 0.717) is 19.4 Å². The molecule has 3 atom stereocenters. The molecule has 0 unspecified atom stereocenters. The van der Waals surface area contributed by atoms with Crippen LogP contribution < -0.4 is 0 Å². The van der Waals surface area contributed by atoms with E-state index in [9.17, 15) is 14.7 Å². The number of piperidine rings is 1. The molecule has 3 aliphatic rings. The van der Waals surface area contributed by atoms with Crippen LogP contribution in [0.1, 0.15) is 12.8 Å². The van der Waals surface area contributed by atoms with Gasteiger partial charge >= 0.3 is 6.09 Å². The van der Waals surface area contributed by atoms with E-state index in [-0.39, 0.29) is 30.4 Å². The Hall–Kier alpha value is -1.36. The van der Waals surface area contributed by atoms with Crippen LogP contribution in [-0.2, 0) is 9.53 Å². The van der Waals surface area contributed by atoms with Gasteiger partial charge in [-0.1, -0.05) is 0 Å². The van der Waals surface area contributed by atoms with Gasteiger partial charge < -0.3 is 9.84 Å². The van der Waals surface area contributed by atoms with E-state index in [1.165, 1.54) is 6.08 Å². The molecule has 86 valence electrons. The number of fused-ring (bicyclic) bond motifs is 3. The van der Waals surface area contributed by atoms with Crippen molar-refractivity contribution in [1.29, 1.82) is 0 Å². The van der Waals surface area contributed by atoms with E-state index < -0.39 is 5.60 Å². The Kier molecular flexibility index (Phi) is 1.89. The van der Waals surface area contributed by atoms with Gasteiger partial charge in [-0.2, -0.15) is 0 Å². The van der Waals surface area contributed by atoms with Crippen molar-refractivity contribution in [2.24, 2.45) is 5.92 Å². The Balaban J connectivity index is 1.98. The molecule has 0 spiro atoms. The van der Waals surface area contributed by atoms with E-state index in [1.807, 2.05) is 0 Å². The van der Waals surface area contributed by atoms with Crippen LogP contribution in [-0.4, -0.2) is 46.7 Å². The number of carbonyl (C=O) groups excluding carboxylic acids is 2. The molecule has 5 heteroatoms. The number of hydrogen-bond acceptors (Lipinski definition) is 4. The van der Waals surface area contributed by atoms with Gasteiger partial charge in [-0.05, 0) is 18.6 Å². The Morgan fingerprint density at radius 3 is 3.12 bits per heavy atom. The lowest BCUT2D eigenvalue weighted by Crippen LogP contribution is -2.60. The number of amides is 1. The first-order valence-electron chi connectivity index (χ1n) is 5.49. The Labute approximate surface area is 92.7 Å². The van der Waals surface area contributed by atoms with Crippen molar-refractivity contribution >= 4 is 11.9 Å². The van der Waals surface area contributed by atoms with Crippen molar-refractivity contribution in [3.63, 3.8) is 0 Å². The molecule has 0 saturated carbocycles. The molecule has 3 rings (SSSR count). The Morgan fingerprint density at radius 1 is 1.50 bits per heavy atom. The minimum atomic E-state index is -1.08. The van der Waals surface area contributed by atoms with E-state index in [0.717, 1.165) is 0 Å². The summed E-state index contributed by atoms with van der Waals surface area (Å²) in [6.07, 6.45) is 3.62. The predicted molar refractivity (Wildman–Crippen MR) is 53.7 cm³/mol. The highest BCUT2D eigenvalue weighted by molar-refractivity contribution is 5.91. The molecule has 1 amide bonds. The summed E-state index contributed by atoms with van der Waals surface area (Å²) in [5, 5.41) is 10.6. The zero-order chi connectivity index (χ0) is 11.3. The van der Waals surface area contributed by atoms with Crippen LogP contribution in [0.3, 0.4) is 0 Å². The molecule has 5 nitrogen and oxygen atoms in total. The van der Waals surface area contributed by atoms with Crippen LogP contribution >= 0.6 is 0 Å². The fraction of sp³-hybridized carbons (Fsp3) is 0.636. The molecule has 2 saturated heterocycles. The van der Waals surface area contributed by atoms with Gasteiger partial charge in [0.25, 0.3) is 0 Å². The van der Waals surface area contributed by atoms with Crippen LogP contribution in [0.4, 0.5) is 4.79 Å². The van der Waals surface area contributed by atoms with Gasteiger partial charge in [-0.3, -0.25) is 9.69 Å². The van der Waals surface area contributed by atoms with Gasteiger partial charge in [0, 0.05) is 18.9 Å². The maximum Gasteiger partial charge on any atom is 0.410 e. The summed E-state index contributed by atoms with van der Waals surface area (Å²) in [5.41, 5.74) is -1.08. The van der Waals surface area contributed by atoms with Crippen molar-refractivity contribution < 1.29 is 19.4 Å². The minimum Gasteiger partial charge on any atom is -0.447 e. The molecule has 0 radical (unpaired) electrons.